The van der Waals surface area contributed by atoms with Crippen LogP contribution in [0.4, 0.5) is 5.69 Å². The number of hydrogen-bond donors (Lipinski definition) is 1. The molecule has 5 heteroatoms. The van der Waals surface area contributed by atoms with Crippen molar-refractivity contribution in [2.24, 2.45) is 0 Å². The van der Waals surface area contributed by atoms with E-state index in [1.807, 2.05) is 21.0 Å². The Balaban J connectivity index is 1.79. The summed E-state index contributed by atoms with van der Waals surface area (Å²) >= 11 is 0. The molecule has 0 aliphatic carbocycles. The van der Waals surface area contributed by atoms with Crippen molar-refractivity contribution < 1.29 is 4.79 Å². The van der Waals surface area contributed by atoms with Crippen molar-refractivity contribution >= 4 is 11.6 Å². The molecule has 23 heavy (non-hydrogen) atoms. The van der Waals surface area contributed by atoms with Gasteiger partial charge in [-0.3, -0.25) is 9.69 Å². The fourth-order valence-electron chi connectivity index (χ4n) is 2.84. The van der Waals surface area contributed by atoms with E-state index in [0.717, 1.165) is 32.7 Å². The standard InChI is InChI=1S/C18H30N4O/c1-15-5-7-17(8-6-15)22-13-11-21(12-14-22)16(2)18(23)19-9-10-20(3)4/h5-8,16H,9-14H2,1-4H3,(H,19,23). The quantitative estimate of drug-likeness (QED) is 0.855. The molecule has 1 unspecified atom stereocenters. The van der Waals surface area contributed by atoms with Crippen LogP contribution in [0.25, 0.3) is 0 Å². The maximum Gasteiger partial charge on any atom is 0.237 e. The molecule has 0 aromatic heterocycles. The van der Waals surface area contributed by atoms with Crippen LogP contribution in [0.3, 0.4) is 0 Å². The van der Waals surface area contributed by atoms with E-state index >= 15 is 0 Å². The molecule has 1 amide bonds. The minimum Gasteiger partial charge on any atom is -0.369 e. The number of nitrogens with one attached hydrogen (secondary N) is 1. The summed E-state index contributed by atoms with van der Waals surface area (Å²) in [5.41, 5.74) is 2.56. The van der Waals surface area contributed by atoms with Gasteiger partial charge in [0, 0.05) is 45.0 Å². The normalized spacial score (nSPS) is 17.3. The molecule has 2 rings (SSSR count). The first kappa shape index (κ1) is 17.8. The molecule has 1 fully saturated rings. The summed E-state index contributed by atoms with van der Waals surface area (Å²) in [5, 5.41) is 3.02. The molecule has 1 aromatic rings. The molecule has 5 nitrogen and oxygen atoms in total. The SMILES string of the molecule is Cc1ccc(N2CCN(C(C)C(=O)NCCN(C)C)CC2)cc1. The fourth-order valence-corrected chi connectivity index (χ4v) is 2.84. The molecule has 1 atom stereocenters. The number of nitrogens with zero attached hydrogens (tertiary/aromatic N) is 3. The second kappa shape index (κ2) is 8.31. The second-order valence-electron chi connectivity index (χ2n) is 6.63. The number of benzene rings is 1. The third-order valence-electron chi connectivity index (χ3n) is 4.50. The number of anilines is 1. The number of piperazine rings is 1. The van der Waals surface area contributed by atoms with Crippen molar-refractivity contribution in [3.8, 4) is 0 Å². The Hall–Kier alpha value is -1.59. The van der Waals surface area contributed by atoms with E-state index in [4.69, 9.17) is 0 Å². The number of carbonyl (C=O) groups excluding carboxylic acids is 1. The van der Waals surface area contributed by atoms with Gasteiger partial charge in [-0.2, -0.15) is 0 Å². The molecule has 1 heterocycles. The second-order valence-corrected chi connectivity index (χ2v) is 6.63. The van der Waals surface area contributed by atoms with Crippen molar-refractivity contribution in [3.63, 3.8) is 0 Å². The number of hydrogen-bond acceptors (Lipinski definition) is 4. The molecule has 128 valence electrons. The number of carbonyl (C=O) groups is 1. The summed E-state index contributed by atoms with van der Waals surface area (Å²) in [6.45, 7) is 9.49. The topological polar surface area (TPSA) is 38.8 Å². The van der Waals surface area contributed by atoms with Crippen LogP contribution in [0, 0.1) is 6.92 Å². The van der Waals surface area contributed by atoms with Crippen LogP contribution < -0.4 is 10.2 Å². The predicted octanol–water partition coefficient (Wildman–Crippen LogP) is 1.18. The highest BCUT2D eigenvalue weighted by molar-refractivity contribution is 5.81. The molecule has 0 saturated carbocycles. The van der Waals surface area contributed by atoms with Crippen LogP contribution in [0.1, 0.15) is 12.5 Å². The lowest BCUT2D eigenvalue weighted by Crippen LogP contribution is -2.54. The van der Waals surface area contributed by atoms with E-state index in [1.54, 1.807) is 0 Å². The summed E-state index contributed by atoms with van der Waals surface area (Å²) in [6.07, 6.45) is 0. The summed E-state index contributed by atoms with van der Waals surface area (Å²) in [6, 6.07) is 8.62. The predicted molar refractivity (Wildman–Crippen MR) is 96.0 cm³/mol. The Morgan fingerprint density at radius 2 is 1.78 bits per heavy atom. The zero-order chi connectivity index (χ0) is 16.8. The van der Waals surface area contributed by atoms with Gasteiger partial charge in [-0.25, -0.2) is 0 Å². The zero-order valence-corrected chi connectivity index (χ0v) is 14.9. The summed E-state index contributed by atoms with van der Waals surface area (Å²) in [5.74, 6) is 0.135. The lowest BCUT2D eigenvalue weighted by Gasteiger charge is -2.38. The van der Waals surface area contributed by atoms with E-state index in [-0.39, 0.29) is 11.9 Å². The van der Waals surface area contributed by atoms with Gasteiger partial charge in [0.05, 0.1) is 6.04 Å². The molecule has 0 bridgehead atoms. The van der Waals surface area contributed by atoms with Gasteiger partial charge < -0.3 is 15.1 Å². The third kappa shape index (κ3) is 5.22. The van der Waals surface area contributed by atoms with Crippen LogP contribution in [0.5, 0.6) is 0 Å². The molecule has 0 radical (unpaired) electrons. The lowest BCUT2D eigenvalue weighted by molar-refractivity contribution is -0.126. The Morgan fingerprint density at radius 3 is 2.35 bits per heavy atom. The van der Waals surface area contributed by atoms with Crippen molar-refractivity contribution in [1.29, 1.82) is 0 Å². The molecular formula is C18H30N4O. The average Bonchev–Trinajstić information content (AvgIpc) is 2.54. The third-order valence-corrected chi connectivity index (χ3v) is 4.50. The van der Waals surface area contributed by atoms with Crippen LogP contribution in [-0.4, -0.2) is 75.1 Å². The van der Waals surface area contributed by atoms with Crippen molar-refractivity contribution in [2.45, 2.75) is 19.9 Å². The summed E-state index contributed by atoms with van der Waals surface area (Å²) in [7, 11) is 4.03. The van der Waals surface area contributed by atoms with Gasteiger partial charge in [0.1, 0.15) is 0 Å². The van der Waals surface area contributed by atoms with Crippen LogP contribution in [0.2, 0.25) is 0 Å². The monoisotopic (exact) mass is 318 g/mol. The summed E-state index contributed by atoms with van der Waals surface area (Å²) < 4.78 is 0. The van der Waals surface area contributed by atoms with E-state index < -0.39 is 0 Å². The molecule has 1 aromatic carbocycles. The molecule has 0 spiro atoms. The van der Waals surface area contributed by atoms with E-state index in [0.29, 0.717) is 6.54 Å². The average molecular weight is 318 g/mol. The minimum absolute atomic E-state index is 0.0580. The van der Waals surface area contributed by atoms with Crippen molar-refractivity contribution in [2.75, 3.05) is 58.3 Å². The van der Waals surface area contributed by atoms with Gasteiger partial charge >= 0.3 is 0 Å². The molecular weight excluding hydrogens is 288 g/mol. The molecule has 1 saturated heterocycles. The molecule has 1 N–H and O–H groups in total. The Morgan fingerprint density at radius 1 is 1.17 bits per heavy atom. The first-order chi connectivity index (χ1) is 11.0. The zero-order valence-electron chi connectivity index (χ0n) is 14.9. The van der Waals surface area contributed by atoms with E-state index in [2.05, 4.69) is 51.2 Å². The van der Waals surface area contributed by atoms with Crippen molar-refractivity contribution in [3.05, 3.63) is 29.8 Å². The summed E-state index contributed by atoms with van der Waals surface area (Å²) in [4.78, 5) is 19.0. The van der Waals surface area contributed by atoms with Gasteiger partial charge in [0.15, 0.2) is 0 Å². The van der Waals surface area contributed by atoms with Gasteiger partial charge in [-0.1, -0.05) is 17.7 Å². The highest BCUT2D eigenvalue weighted by atomic mass is 16.2. The lowest BCUT2D eigenvalue weighted by atomic mass is 10.1. The van der Waals surface area contributed by atoms with E-state index in [1.165, 1.54) is 11.3 Å². The number of likely N-dealkylation sites (N-methyl/N-ethyl adjacent to an activating group) is 1. The van der Waals surface area contributed by atoms with Gasteiger partial charge in [-0.05, 0) is 40.1 Å². The maximum absolute atomic E-state index is 12.2. The minimum atomic E-state index is -0.0580. The first-order valence-corrected chi connectivity index (χ1v) is 8.45. The van der Waals surface area contributed by atoms with Gasteiger partial charge in [0.2, 0.25) is 5.91 Å². The first-order valence-electron chi connectivity index (χ1n) is 8.45. The van der Waals surface area contributed by atoms with Crippen LogP contribution in [0.15, 0.2) is 24.3 Å². The maximum atomic E-state index is 12.2. The van der Waals surface area contributed by atoms with Gasteiger partial charge in [0.25, 0.3) is 0 Å². The highest BCUT2D eigenvalue weighted by Gasteiger charge is 2.25. The number of aryl methyl sites for hydroxylation is 1. The Kier molecular flexibility index (Phi) is 6.42. The van der Waals surface area contributed by atoms with Crippen LogP contribution >= 0.6 is 0 Å². The van der Waals surface area contributed by atoms with Gasteiger partial charge in [-0.15, -0.1) is 0 Å². The Labute approximate surface area is 140 Å². The fraction of sp³-hybridized carbons (Fsp3) is 0.611. The molecule has 1 aliphatic rings. The number of rotatable bonds is 6. The van der Waals surface area contributed by atoms with E-state index in [9.17, 15) is 4.79 Å². The van der Waals surface area contributed by atoms with Crippen molar-refractivity contribution in [1.82, 2.24) is 15.1 Å². The Bertz CT molecular complexity index is 492. The smallest absolute Gasteiger partial charge is 0.237 e. The highest BCUT2D eigenvalue weighted by Crippen LogP contribution is 2.17. The van der Waals surface area contributed by atoms with Crippen LogP contribution in [-0.2, 0) is 4.79 Å². The largest absolute Gasteiger partial charge is 0.369 e. The number of amides is 1. The molecule has 1 aliphatic heterocycles.